The lowest BCUT2D eigenvalue weighted by Crippen LogP contribution is -2.23. The minimum Gasteiger partial charge on any atom is -0.496 e. The van der Waals surface area contributed by atoms with E-state index in [1.54, 1.807) is 12.3 Å². The van der Waals surface area contributed by atoms with Crippen molar-refractivity contribution in [1.82, 2.24) is 14.5 Å². The van der Waals surface area contributed by atoms with Gasteiger partial charge in [-0.05, 0) is 48.6 Å². The van der Waals surface area contributed by atoms with Crippen LogP contribution >= 0.6 is 0 Å². The van der Waals surface area contributed by atoms with Crippen molar-refractivity contribution in [3.63, 3.8) is 0 Å². The van der Waals surface area contributed by atoms with Gasteiger partial charge in [0.1, 0.15) is 23.3 Å². The number of hydrogen-bond acceptors (Lipinski definition) is 5. The Balaban J connectivity index is 1.70. The maximum absolute atomic E-state index is 14.3. The van der Waals surface area contributed by atoms with E-state index >= 15 is 0 Å². The van der Waals surface area contributed by atoms with Crippen LogP contribution in [0.1, 0.15) is 55.3 Å². The molecule has 176 valence electrons. The van der Waals surface area contributed by atoms with E-state index in [0.717, 1.165) is 53.3 Å². The second-order valence-corrected chi connectivity index (χ2v) is 8.91. The molecule has 1 unspecified atom stereocenters. The first kappa shape index (κ1) is 22.3. The van der Waals surface area contributed by atoms with E-state index in [0.29, 0.717) is 17.2 Å². The lowest BCUT2D eigenvalue weighted by molar-refractivity contribution is -0.142. The third kappa shape index (κ3) is 4.00. The number of aromatic nitrogens is 3. The number of benzene rings is 2. The van der Waals surface area contributed by atoms with Crippen LogP contribution in [0.2, 0.25) is 0 Å². The SMILES string of the molecule is COC(=O)C(Cn1c(C2CCCCC2)nc2c3cnccc3ccc21)c1cc(F)ccc1OC. The predicted octanol–water partition coefficient (Wildman–Crippen LogP) is 5.74. The van der Waals surface area contributed by atoms with Crippen LogP contribution in [-0.4, -0.2) is 34.7 Å². The van der Waals surface area contributed by atoms with Gasteiger partial charge < -0.3 is 14.0 Å². The van der Waals surface area contributed by atoms with Gasteiger partial charge in [0.15, 0.2) is 0 Å². The van der Waals surface area contributed by atoms with E-state index < -0.39 is 17.7 Å². The van der Waals surface area contributed by atoms with Crippen LogP contribution in [0.3, 0.4) is 0 Å². The molecule has 1 atom stereocenters. The zero-order valence-electron chi connectivity index (χ0n) is 19.5. The number of methoxy groups -OCH3 is 2. The Kier molecular flexibility index (Phi) is 6.18. The van der Waals surface area contributed by atoms with Crippen LogP contribution in [0.5, 0.6) is 5.75 Å². The number of carbonyl (C=O) groups excluding carboxylic acids is 1. The van der Waals surface area contributed by atoms with Gasteiger partial charge in [-0.25, -0.2) is 9.37 Å². The molecule has 6 nitrogen and oxygen atoms in total. The first-order valence-electron chi connectivity index (χ1n) is 11.7. The molecule has 0 N–H and O–H groups in total. The van der Waals surface area contributed by atoms with Crippen molar-refractivity contribution in [3.05, 3.63) is 66.0 Å². The molecule has 0 aliphatic heterocycles. The first-order valence-corrected chi connectivity index (χ1v) is 11.7. The molecule has 0 radical (unpaired) electrons. The monoisotopic (exact) mass is 461 g/mol. The molecule has 2 heterocycles. The van der Waals surface area contributed by atoms with Crippen molar-refractivity contribution in [1.29, 1.82) is 0 Å². The van der Waals surface area contributed by atoms with Crippen LogP contribution in [0.15, 0.2) is 48.8 Å². The minimum atomic E-state index is -0.750. The zero-order valence-corrected chi connectivity index (χ0v) is 19.5. The number of carbonyl (C=O) groups is 1. The predicted molar refractivity (Wildman–Crippen MR) is 129 cm³/mol. The first-order chi connectivity index (χ1) is 16.6. The molecule has 0 spiro atoms. The summed E-state index contributed by atoms with van der Waals surface area (Å²) in [5.41, 5.74) is 2.28. The van der Waals surface area contributed by atoms with Crippen LogP contribution in [0, 0.1) is 5.82 Å². The highest BCUT2D eigenvalue weighted by Gasteiger charge is 2.30. The zero-order chi connectivity index (χ0) is 23.7. The van der Waals surface area contributed by atoms with Gasteiger partial charge in [0.2, 0.25) is 0 Å². The number of pyridine rings is 1. The molecule has 0 saturated heterocycles. The Morgan fingerprint density at radius 3 is 2.74 bits per heavy atom. The number of esters is 1. The van der Waals surface area contributed by atoms with Gasteiger partial charge in [-0.2, -0.15) is 0 Å². The van der Waals surface area contributed by atoms with Gasteiger partial charge >= 0.3 is 5.97 Å². The summed E-state index contributed by atoms with van der Waals surface area (Å²) in [5.74, 6) is 0.110. The van der Waals surface area contributed by atoms with Crippen molar-refractivity contribution >= 4 is 27.8 Å². The summed E-state index contributed by atoms with van der Waals surface area (Å²) < 4.78 is 27.0. The molecular weight excluding hydrogens is 433 g/mol. The number of hydrogen-bond donors (Lipinski definition) is 0. The number of nitrogens with zero attached hydrogens (tertiary/aromatic N) is 3. The summed E-state index contributed by atoms with van der Waals surface area (Å²) in [5, 5.41) is 2.05. The fourth-order valence-corrected chi connectivity index (χ4v) is 5.23. The van der Waals surface area contributed by atoms with Crippen LogP contribution in [-0.2, 0) is 16.1 Å². The molecule has 5 rings (SSSR count). The standard InChI is InChI=1S/C27H28FN3O3/c1-33-24-11-9-19(28)14-20(24)22(27(32)34-2)16-31-23-10-8-17-12-13-29-15-21(17)25(23)30-26(31)18-6-4-3-5-7-18/h8-15,18,22H,3-7,16H2,1-2H3. The smallest absolute Gasteiger partial charge is 0.315 e. The largest absolute Gasteiger partial charge is 0.496 e. The average Bonchev–Trinajstić information content (AvgIpc) is 3.26. The van der Waals surface area contributed by atoms with E-state index in [2.05, 4.69) is 15.6 Å². The Morgan fingerprint density at radius 2 is 1.97 bits per heavy atom. The lowest BCUT2D eigenvalue weighted by Gasteiger charge is -2.25. The number of imidazole rings is 1. The van der Waals surface area contributed by atoms with Gasteiger partial charge in [0, 0.05) is 35.8 Å². The van der Waals surface area contributed by atoms with E-state index in [9.17, 15) is 9.18 Å². The van der Waals surface area contributed by atoms with Gasteiger partial charge in [-0.1, -0.05) is 25.3 Å². The minimum absolute atomic E-state index is 0.278. The van der Waals surface area contributed by atoms with E-state index in [1.807, 2.05) is 18.3 Å². The van der Waals surface area contributed by atoms with Crippen LogP contribution in [0.25, 0.3) is 21.8 Å². The normalized spacial score (nSPS) is 15.5. The van der Waals surface area contributed by atoms with Crippen molar-refractivity contribution in [2.75, 3.05) is 14.2 Å². The van der Waals surface area contributed by atoms with Crippen molar-refractivity contribution in [2.45, 2.75) is 50.5 Å². The number of ether oxygens (including phenoxy) is 2. The topological polar surface area (TPSA) is 66.2 Å². The fourth-order valence-electron chi connectivity index (χ4n) is 5.23. The van der Waals surface area contributed by atoms with Crippen molar-refractivity contribution < 1.29 is 18.7 Å². The molecule has 1 fully saturated rings. The molecule has 1 aliphatic carbocycles. The quantitative estimate of drug-likeness (QED) is 0.343. The highest BCUT2D eigenvalue weighted by molar-refractivity contribution is 6.04. The third-order valence-electron chi connectivity index (χ3n) is 6.96. The number of halogens is 1. The van der Waals surface area contributed by atoms with Crippen LogP contribution < -0.4 is 4.74 Å². The molecule has 2 aromatic heterocycles. The number of fused-ring (bicyclic) bond motifs is 3. The van der Waals surface area contributed by atoms with Crippen molar-refractivity contribution in [2.24, 2.45) is 0 Å². The lowest BCUT2D eigenvalue weighted by atomic mass is 9.88. The Labute approximate surface area is 197 Å². The van der Waals surface area contributed by atoms with Crippen LogP contribution in [0.4, 0.5) is 4.39 Å². The molecule has 0 bridgehead atoms. The molecule has 34 heavy (non-hydrogen) atoms. The molecule has 1 saturated carbocycles. The van der Waals surface area contributed by atoms with Gasteiger partial charge in [0.05, 0.1) is 25.3 Å². The van der Waals surface area contributed by atoms with E-state index in [-0.39, 0.29) is 6.54 Å². The fraction of sp³-hybridized carbons (Fsp3) is 0.370. The summed E-state index contributed by atoms with van der Waals surface area (Å²) in [6.07, 6.45) is 9.29. The Hall–Kier alpha value is -3.48. The summed E-state index contributed by atoms with van der Waals surface area (Å²) >= 11 is 0. The Morgan fingerprint density at radius 1 is 1.15 bits per heavy atom. The molecule has 7 heteroatoms. The summed E-state index contributed by atoms with van der Waals surface area (Å²) in [6, 6.07) is 10.3. The molecular formula is C27H28FN3O3. The summed E-state index contributed by atoms with van der Waals surface area (Å²) in [7, 11) is 2.87. The van der Waals surface area contributed by atoms with Crippen molar-refractivity contribution in [3.8, 4) is 5.75 Å². The van der Waals surface area contributed by atoms with Gasteiger partial charge in [-0.15, -0.1) is 0 Å². The molecule has 0 amide bonds. The molecule has 1 aliphatic rings. The highest BCUT2D eigenvalue weighted by Crippen LogP contribution is 2.38. The van der Waals surface area contributed by atoms with E-state index in [1.165, 1.54) is 32.8 Å². The second kappa shape index (κ2) is 9.41. The summed E-state index contributed by atoms with van der Waals surface area (Å²) in [4.78, 5) is 22.4. The average molecular weight is 462 g/mol. The van der Waals surface area contributed by atoms with Gasteiger partial charge in [-0.3, -0.25) is 9.78 Å². The molecule has 4 aromatic rings. The maximum Gasteiger partial charge on any atom is 0.315 e. The second-order valence-electron chi connectivity index (χ2n) is 8.91. The van der Waals surface area contributed by atoms with Gasteiger partial charge in [0.25, 0.3) is 0 Å². The van der Waals surface area contributed by atoms with E-state index in [4.69, 9.17) is 14.5 Å². The Bertz CT molecular complexity index is 1340. The third-order valence-corrected chi connectivity index (χ3v) is 6.96. The molecule has 2 aromatic carbocycles. The maximum atomic E-state index is 14.3. The number of rotatable bonds is 6. The summed E-state index contributed by atoms with van der Waals surface area (Å²) in [6.45, 7) is 0.278. The highest BCUT2D eigenvalue weighted by atomic mass is 19.1.